The standard InChI is InChI=1S/C9H11NO3S/c1-14(12,13)8-4-2-7(3-5-8)9(11)6-10/h2-5H,6,10H2,1H3. The molecule has 2 N–H and O–H groups in total. The maximum atomic E-state index is 11.1. The molecule has 0 bridgehead atoms. The van der Waals surface area contributed by atoms with Crippen LogP contribution in [0, 0.1) is 0 Å². The molecular weight excluding hydrogens is 202 g/mol. The molecule has 1 aromatic rings. The van der Waals surface area contributed by atoms with E-state index in [1.54, 1.807) is 0 Å². The second-order valence-electron chi connectivity index (χ2n) is 2.92. The highest BCUT2D eigenvalue weighted by Crippen LogP contribution is 2.10. The summed E-state index contributed by atoms with van der Waals surface area (Å²) in [4.78, 5) is 11.3. The summed E-state index contributed by atoms with van der Waals surface area (Å²) in [7, 11) is -3.19. The summed E-state index contributed by atoms with van der Waals surface area (Å²) in [5, 5.41) is 0. The Labute approximate surface area is 82.7 Å². The summed E-state index contributed by atoms with van der Waals surface area (Å²) >= 11 is 0. The van der Waals surface area contributed by atoms with Crippen LogP contribution >= 0.6 is 0 Å². The average Bonchev–Trinajstić information content (AvgIpc) is 2.15. The molecule has 0 aliphatic carbocycles. The molecule has 76 valence electrons. The van der Waals surface area contributed by atoms with Crippen molar-refractivity contribution in [2.24, 2.45) is 5.73 Å². The predicted molar refractivity (Wildman–Crippen MR) is 52.9 cm³/mol. The van der Waals surface area contributed by atoms with Gasteiger partial charge in [0.05, 0.1) is 11.4 Å². The van der Waals surface area contributed by atoms with E-state index in [1.165, 1.54) is 24.3 Å². The van der Waals surface area contributed by atoms with Crippen LogP contribution in [0.2, 0.25) is 0 Å². The molecule has 1 aromatic carbocycles. The largest absolute Gasteiger partial charge is 0.324 e. The highest BCUT2D eigenvalue weighted by atomic mass is 32.2. The molecule has 0 aromatic heterocycles. The third-order valence-corrected chi connectivity index (χ3v) is 2.92. The van der Waals surface area contributed by atoms with Gasteiger partial charge in [-0.25, -0.2) is 8.42 Å². The summed E-state index contributed by atoms with van der Waals surface area (Å²) < 4.78 is 22.1. The van der Waals surface area contributed by atoms with Crippen LogP contribution in [0.4, 0.5) is 0 Å². The summed E-state index contributed by atoms with van der Waals surface area (Å²) in [6.45, 7) is -0.0712. The number of carbonyl (C=O) groups is 1. The van der Waals surface area contributed by atoms with Gasteiger partial charge in [0.25, 0.3) is 0 Å². The van der Waals surface area contributed by atoms with Crippen LogP contribution in [-0.4, -0.2) is 27.0 Å². The van der Waals surface area contributed by atoms with E-state index >= 15 is 0 Å². The molecule has 0 saturated heterocycles. The summed E-state index contributed by atoms with van der Waals surface area (Å²) in [5.41, 5.74) is 5.59. The molecular formula is C9H11NO3S. The fraction of sp³-hybridized carbons (Fsp3) is 0.222. The minimum absolute atomic E-state index is 0.0712. The molecule has 0 aliphatic rings. The number of benzene rings is 1. The Morgan fingerprint density at radius 1 is 1.29 bits per heavy atom. The molecule has 4 nitrogen and oxygen atoms in total. The summed E-state index contributed by atoms with van der Waals surface area (Å²) in [6, 6.07) is 5.73. The third-order valence-electron chi connectivity index (χ3n) is 1.79. The lowest BCUT2D eigenvalue weighted by molar-refractivity contribution is 0.100. The molecule has 1 rings (SSSR count). The van der Waals surface area contributed by atoms with Crippen LogP contribution in [0.5, 0.6) is 0 Å². The van der Waals surface area contributed by atoms with Crippen molar-refractivity contribution in [3.63, 3.8) is 0 Å². The molecule has 0 spiro atoms. The van der Waals surface area contributed by atoms with E-state index in [2.05, 4.69) is 0 Å². The van der Waals surface area contributed by atoms with Crippen molar-refractivity contribution in [2.75, 3.05) is 12.8 Å². The highest BCUT2D eigenvalue weighted by Gasteiger charge is 2.08. The van der Waals surface area contributed by atoms with Crippen LogP contribution in [0.25, 0.3) is 0 Å². The van der Waals surface area contributed by atoms with Gasteiger partial charge < -0.3 is 5.73 Å². The maximum absolute atomic E-state index is 11.1. The van der Waals surface area contributed by atoms with Crippen molar-refractivity contribution in [1.29, 1.82) is 0 Å². The minimum atomic E-state index is -3.19. The van der Waals surface area contributed by atoms with E-state index in [0.29, 0.717) is 5.56 Å². The van der Waals surface area contributed by atoms with E-state index in [-0.39, 0.29) is 17.2 Å². The minimum Gasteiger partial charge on any atom is -0.324 e. The molecule has 14 heavy (non-hydrogen) atoms. The van der Waals surface area contributed by atoms with E-state index in [0.717, 1.165) is 6.26 Å². The maximum Gasteiger partial charge on any atom is 0.176 e. The van der Waals surface area contributed by atoms with Gasteiger partial charge in [-0.2, -0.15) is 0 Å². The van der Waals surface area contributed by atoms with Gasteiger partial charge in [0.1, 0.15) is 0 Å². The number of rotatable bonds is 3. The van der Waals surface area contributed by atoms with Crippen molar-refractivity contribution in [2.45, 2.75) is 4.90 Å². The van der Waals surface area contributed by atoms with Crippen LogP contribution in [0.15, 0.2) is 29.2 Å². The van der Waals surface area contributed by atoms with Crippen molar-refractivity contribution in [3.8, 4) is 0 Å². The lowest BCUT2D eigenvalue weighted by Gasteiger charge is -2.00. The van der Waals surface area contributed by atoms with Crippen LogP contribution < -0.4 is 5.73 Å². The number of Topliss-reactive ketones (excluding diaryl/α,β-unsaturated/α-hetero) is 1. The van der Waals surface area contributed by atoms with E-state index in [1.807, 2.05) is 0 Å². The molecule has 0 radical (unpaired) electrons. The number of nitrogens with two attached hydrogens (primary N) is 1. The smallest absolute Gasteiger partial charge is 0.176 e. The van der Waals surface area contributed by atoms with Crippen LogP contribution in [0.3, 0.4) is 0 Å². The number of hydrogen-bond donors (Lipinski definition) is 1. The third kappa shape index (κ3) is 2.40. The first kappa shape index (κ1) is 10.9. The Hall–Kier alpha value is -1.20. The second-order valence-corrected chi connectivity index (χ2v) is 4.94. The fourth-order valence-corrected chi connectivity index (χ4v) is 1.64. The van der Waals surface area contributed by atoms with E-state index in [9.17, 15) is 13.2 Å². The molecule has 0 unspecified atom stereocenters. The molecule has 0 amide bonds. The number of carbonyl (C=O) groups excluding carboxylic acids is 1. The molecule has 5 heteroatoms. The second kappa shape index (κ2) is 3.89. The Balaban J connectivity index is 3.07. The van der Waals surface area contributed by atoms with Gasteiger partial charge in [-0.3, -0.25) is 4.79 Å². The van der Waals surface area contributed by atoms with Crippen LogP contribution in [-0.2, 0) is 9.84 Å². The van der Waals surface area contributed by atoms with Crippen molar-refractivity contribution >= 4 is 15.6 Å². The Morgan fingerprint density at radius 3 is 2.14 bits per heavy atom. The Morgan fingerprint density at radius 2 is 1.79 bits per heavy atom. The van der Waals surface area contributed by atoms with Gasteiger partial charge in [-0.1, -0.05) is 12.1 Å². The summed E-state index contributed by atoms with van der Waals surface area (Å²) in [5.74, 6) is -0.204. The molecule has 0 aliphatic heterocycles. The highest BCUT2D eigenvalue weighted by molar-refractivity contribution is 7.90. The molecule has 0 heterocycles. The molecule has 0 saturated carbocycles. The first-order valence-electron chi connectivity index (χ1n) is 3.98. The Kier molecular flexibility index (Phi) is 3.03. The van der Waals surface area contributed by atoms with Crippen LogP contribution in [0.1, 0.15) is 10.4 Å². The van der Waals surface area contributed by atoms with Gasteiger partial charge in [0, 0.05) is 11.8 Å². The Bertz CT molecular complexity index is 434. The SMILES string of the molecule is CS(=O)(=O)c1ccc(C(=O)CN)cc1. The van der Waals surface area contributed by atoms with Crippen molar-refractivity contribution < 1.29 is 13.2 Å². The van der Waals surface area contributed by atoms with E-state index in [4.69, 9.17) is 5.73 Å². The lowest BCUT2D eigenvalue weighted by atomic mass is 10.1. The molecule has 0 atom stereocenters. The van der Waals surface area contributed by atoms with Gasteiger partial charge in [0.2, 0.25) is 0 Å². The quantitative estimate of drug-likeness (QED) is 0.729. The molecule has 0 fully saturated rings. The number of hydrogen-bond acceptors (Lipinski definition) is 4. The zero-order valence-corrected chi connectivity index (χ0v) is 8.54. The normalized spacial score (nSPS) is 11.3. The topological polar surface area (TPSA) is 77.2 Å². The van der Waals surface area contributed by atoms with E-state index < -0.39 is 9.84 Å². The number of sulfone groups is 1. The first-order chi connectivity index (χ1) is 6.45. The fourth-order valence-electron chi connectivity index (χ4n) is 1.01. The number of ketones is 1. The predicted octanol–water partition coefficient (Wildman–Crippen LogP) is 0.231. The van der Waals surface area contributed by atoms with Crippen molar-refractivity contribution in [3.05, 3.63) is 29.8 Å². The van der Waals surface area contributed by atoms with Crippen molar-refractivity contribution in [1.82, 2.24) is 0 Å². The zero-order valence-electron chi connectivity index (χ0n) is 7.73. The average molecular weight is 213 g/mol. The lowest BCUT2D eigenvalue weighted by Crippen LogP contribution is -2.13. The first-order valence-corrected chi connectivity index (χ1v) is 5.87. The van der Waals surface area contributed by atoms with Gasteiger partial charge in [0.15, 0.2) is 15.6 Å². The van der Waals surface area contributed by atoms with Gasteiger partial charge in [-0.05, 0) is 12.1 Å². The zero-order chi connectivity index (χ0) is 10.8. The van der Waals surface area contributed by atoms with Gasteiger partial charge in [-0.15, -0.1) is 0 Å². The monoisotopic (exact) mass is 213 g/mol. The van der Waals surface area contributed by atoms with Gasteiger partial charge >= 0.3 is 0 Å². The summed E-state index contributed by atoms with van der Waals surface area (Å²) in [6.07, 6.45) is 1.12.